The number of nitrogens with one attached hydrogen (secondary N) is 1. The van der Waals surface area contributed by atoms with Gasteiger partial charge in [-0.1, -0.05) is 13.0 Å². The Kier molecular flexibility index (Phi) is 3.62. The molecule has 2 heterocycles. The Morgan fingerprint density at radius 3 is 2.95 bits per heavy atom. The van der Waals surface area contributed by atoms with Crippen molar-refractivity contribution in [3.05, 3.63) is 34.5 Å². The van der Waals surface area contributed by atoms with Gasteiger partial charge in [0.05, 0.1) is 5.69 Å². The predicted octanol–water partition coefficient (Wildman–Crippen LogP) is 3.50. The van der Waals surface area contributed by atoms with E-state index in [0.717, 1.165) is 23.8 Å². The maximum Gasteiger partial charge on any atom is 0.142 e. The third kappa shape index (κ3) is 2.69. The van der Waals surface area contributed by atoms with Crippen molar-refractivity contribution in [1.29, 1.82) is 0 Å². The zero-order valence-electron chi connectivity index (χ0n) is 11.4. The largest absolute Gasteiger partial charge is 0.312 e. The Labute approximate surface area is 118 Å². The molecule has 3 rings (SSSR count). The Hall–Kier alpha value is -1.26. The third-order valence-corrected chi connectivity index (χ3v) is 4.52. The minimum atomic E-state index is 0.697. The quantitative estimate of drug-likeness (QED) is 0.906. The number of aromatic nitrogens is 2. The summed E-state index contributed by atoms with van der Waals surface area (Å²) in [5, 5.41) is 4.49. The molecule has 0 radical (unpaired) electrons. The molecule has 2 aromatic heterocycles. The standard InChI is InChI=1S/C15H19N3S/c1-3-16-9-12-14(11-6-7-11)18-15(19-12)13-10(2)5-4-8-17-13/h4-5,8,11,16H,3,6-7,9H2,1-2H3. The summed E-state index contributed by atoms with van der Waals surface area (Å²) in [6, 6.07) is 4.08. The first-order valence-corrected chi connectivity index (χ1v) is 7.73. The van der Waals surface area contributed by atoms with Gasteiger partial charge in [-0.15, -0.1) is 11.3 Å². The number of hydrogen-bond donors (Lipinski definition) is 1. The molecular weight excluding hydrogens is 254 g/mol. The molecule has 100 valence electrons. The van der Waals surface area contributed by atoms with Crippen LogP contribution in [0.2, 0.25) is 0 Å². The minimum Gasteiger partial charge on any atom is -0.312 e. The second-order valence-corrected chi connectivity index (χ2v) is 6.13. The highest BCUT2D eigenvalue weighted by Crippen LogP contribution is 2.44. The van der Waals surface area contributed by atoms with Crippen molar-refractivity contribution < 1.29 is 0 Å². The number of pyridine rings is 1. The van der Waals surface area contributed by atoms with E-state index in [4.69, 9.17) is 4.98 Å². The molecular formula is C15H19N3S. The van der Waals surface area contributed by atoms with E-state index in [1.165, 1.54) is 29.0 Å². The highest BCUT2D eigenvalue weighted by molar-refractivity contribution is 7.15. The van der Waals surface area contributed by atoms with Gasteiger partial charge in [0, 0.05) is 23.5 Å². The fraction of sp³-hybridized carbons (Fsp3) is 0.467. The summed E-state index contributed by atoms with van der Waals surface area (Å²) < 4.78 is 0. The molecule has 0 atom stereocenters. The maximum atomic E-state index is 4.87. The van der Waals surface area contributed by atoms with E-state index < -0.39 is 0 Å². The van der Waals surface area contributed by atoms with Gasteiger partial charge in [-0.3, -0.25) is 4.98 Å². The van der Waals surface area contributed by atoms with Crippen LogP contribution < -0.4 is 5.32 Å². The smallest absolute Gasteiger partial charge is 0.142 e. The van der Waals surface area contributed by atoms with Crippen LogP contribution in [0.4, 0.5) is 0 Å². The molecule has 2 aromatic rings. The molecule has 0 aromatic carbocycles. The molecule has 0 unspecified atom stereocenters. The summed E-state index contributed by atoms with van der Waals surface area (Å²) in [6.45, 7) is 6.18. The van der Waals surface area contributed by atoms with Crippen LogP contribution in [0.1, 0.15) is 41.8 Å². The summed E-state index contributed by atoms with van der Waals surface area (Å²) in [5.41, 5.74) is 3.55. The Morgan fingerprint density at radius 2 is 2.26 bits per heavy atom. The number of hydrogen-bond acceptors (Lipinski definition) is 4. The maximum absolute atomic E-state index is 4.87. The lowest BCUT2D eigenvalue weighted by molar-refractivity contribution is 0.727. The second-order valence-electron chi connectivity index (χ2n) is 5.05. The number of thiazole rings is 1. The van der Waals surface area contributed by atoms with Gasteiger partial charge in [0.15, 0.2) is 0 Å². The zero-order valence-corrected chi connectivity index (χ0v) is 12.3. The molecule has 1 aliphatic carbocycles. The molecule has 1 fully saturated rings. The molecule has 3 nitrogen and oxygen atoms in total. The Balaban J connectivity index is 1.96. The third-order valence-electron chi connectivity index (χ3n) is 3.44. The monoisotopic (exact) mass is 273 g/mol. The molecule has 1 N–H and O–H groups in total. The van der Waals surface area contributed by atoms with Crippen LogP contribution in [0.5, 0.6) is 0 Å². The highest BCUT2D eigenvalue weighted by Gasteiger charge is 2.29. The van der Waals surface area contributed by atoms with Gasteiger partial charge in [0.2, 0.25) is 0 Å². The van der Waals surface area contributed by atoms with Crippen LogP contribution in [-0.2, 0) is 6.54 Å². The van der Waals surface area contributed by atoms with Crippen LogP contribution in [0.25, 0.3) is 10.7 Å². The number of nitrogens with zero attached hydrogens (tertiary/aromatic N) is 2. The normalized spacial score (nSPS) is 14.8. The molecule has 0 spiro atoms. The Morgan fingerprint density at radius 1 is 1.42 bits per heavy atom. The first-order chi connectivity index (χ1) is 9.29. The summed E-state index contributed by atoms with van der Waals surface area (Å²) in [6.07, 6.45) is 4.44. The topological polar surface area (TPSA) is 37.8 Å². The molecule has 0 saturated heterocycles. The predicted molar refractivity (Wildman–Crippen MR) is 79.4 cm³/mol. The summed E-state index contributed by atoms with van der Waals surface area (Å²) >= 11 is 1.80. The van der Waals surface area contributed by atoms with Crippen molar-refractivity contribution in [3.63, 3.8) is 0 Å². The van der Waals surface area contributed by atoms with E-state index in [9.17, 15) is 0 Å². The Bertz CT molecular complexity index is 573. The van der Waals surface area contributed by atoms with Crippen molar-refractivity contribution in [2.24, 2.45) is 0 Å². The van der Waals surface area contributed by atoms with E-state index in [1.807, 2.05) is 12.3 Å². The summed E-state index contributed by atoms with van der Waals surface area (Å²) in [7, 11) is 0. The summed E-state index contributed by atoms with van der Waals surface area (Å²) in [4.78, 5) is 10.8. The van der Waals surface area contributed by atoms with Crippen LogP contribution >= 0.6 is 11.3 Å². The molecule has 19 heavy (non-hydrogen) atoms. The lowest BCUT2D eigenvalue weighted by Crippen LogP contribution is -2.11. The fourth-order valence-electron chi connectivity index (χ4n) is 2.22. The van der Waals surface area contributed by atoms with Crippen LogP contribution in [0.15, 0.2) is 18.3 Å². The lowest BCUT2D eigenvalue weighted by atomic mass is 10.2. The molecule has 4 heteroatoms. The van der Waals surface area contributed by atoms with Gasteiger partial charge in [-0.05, 0) is 37.9 Å². The molecule has 0 aliphatic heterocycles. The molecule has 0 bridgehead atoms. The zero-order chi connectivity index (χ0) is 13.2. The van der Waals surface area contributed by atoms with Crippen molar-refractivity contribution in [2.45, 2.75) is 39.2 Å². The van der Waals surface area contributed by atoms with Gasteiger partial charge in [0.1, 0.15) is 10.7 Å². The van der Waals surface area contributed by atoms with Crippen molar-refractivity contribution in [3.8, 4) is 10.7 Å². The van der Waals surface area contributed by atoms with Gasteiger partial charge in [-0.2, -0.15) is 0 Å². The average Bonchev–Trinajstić information content (AvgIpc) is 3.18. The van der Waals surface area contributed by atoms with Crippen LogP contribution in [0.3, 0.4) is 0 Å². The van der Waals surface area contributed by atoms with E-state index in [-0.39, 0.29) is 0 Å². The van der Waals surface area contributed by atoms with E-state index in [1.54, 1.807) is 11.3 Å². The van der Waals surface area contributed by atoms with Crippen molar-refractivity contribution in [2.75, 3.05) is 6.54 Å². The van der Waals surface area contributed by atoms with Crippen LogP contribution in [0, 0.1) is 6.92 Å². The lowest BCUT2D eigenvalue weighted by Gasteiger charge is -2.00. The highest BCUT2D eigenvalue weighted by atomic mass is 32.1. The van der Waals surface area contributed by atoms with E-state index in [2.05, 4.69) is 30.2 Å². The first kappa shape index (κ1) is 12.8. The molecule has 1 saturated carbocycles. The SMILES string of the molecule is CCNCc1sc(-c2ncccc2C)nc1C1CC1. The number of aryl methyl sites for hydroxylation is 1. The summed E-state index contributed by atoms with van der Waals surface area (Å²) in [5.74, 6) is 0.697. The van der Waals surface area contributed by atoms with Crippen molar-refractivity contribution >= 4 is 11.3 Å². The average molecular weight is 273 g/mol. The minimum absolute atomic E-state index is 0.697. The van der Waals surface area contributed by atoms with Crippen molar-refractivity contribution in [1.82, 2.24) is 15.3 Å². The van der Waals surface area contributed by atoms with Gasteiger partial charge in [-0.25, -0.2) is 4.98 Å². The molecule has 0 amide bonds. The van der Waals surface area contributed by atoms with Gasteiger partial charge < -0.3 is 5.32 Å². The fourth-order valence-corrected chi connectivity index (χ4v) is 3.39. The molecule has 1 aliphatic rings. The van der Waals surface area contributed by atoms with E-state index in [0.29, 0.717) is 5.92 Å². The number of rotatable bonds is 5. The second kappa shape index (κ2) is 5.39. The first-order valence-electron chi connectivity index (χ1n) is 6.92. The van der Waals surface area contributed by atoms with E-state index >= 15 is 0 Å². The van der Waals surface area contributed by atoms with Crippen LogP contribution in [-0.4, -0.2) is 16.5 Å². The van der Waals surface area contributed by atoms with Gasteiger partial charge in [0.25, 0.3) is 0 Å². The van der Waals surface area contributed by atoms with Gasteiger partial charge >= 0.3 is 0 Å².